The third kappa shape index (κ3) is 4.24. The lowest BCUT2D eigenvalue weighted by atomic mass is 10.1. The van der Waals surface area contributed by atoms with Crippen LogP contribution in [0, 0.1) is 0 Å². The van der Waals surface area contributed by atoms with E-state index in [4.69, 9.17) is 27.9 Å². The van der Waals surface area contributed by atoms with Gasteiger partial charge in [0.1, 0.15) is 0 Å². The van der Waals surface area contributed by atoms with Crippen molar-refractivity contribution in [2.75, 3.05) is 6.61 Å². The minimum absolute atomic E-state index is 0.0735. The summed E-state index contributed by atoms with van der Waals surface area (Å²) < 4.78 is 5.34. The van der Waals surface area contributed by atoms with Gasteiger partial charge in [-0.2, -0.15) is 0 Å². The first-order valence-corrected chi connectivity index (χ1v) is 9.62. The first-order valence-electron chi connectivity index (χ1n) is 8.04. The van der Waals surface area contributed by atoms with Crippen LogP contribution < -0.4 is 4.74 Å². The van der Waals surface area contributed by atoms with Gasteiger partial charge in [0.05, 0.1) is 28.1 Å². The van der Waals surface area contributed by atoms with E-state index in [1.807, 2.05) is 0 Å². The molecule has 1 N–H and O–H groups in total. The Kier molecular flexibility index (Phi) is 5.99. The summed E-state index contributed by atoms with van der Waals surface area (Å²) in [6.07, 6.45) is 1.48. The fraction of sp³-hybridized carbons (Fsp3) is 0.158. The monoisotopic (exact) mass is 423 g/mol. The summed E-state index contributed by atoms with van der Waals surface area (Å²) in [5.41, 5.74) is 1.09. The van der Waals surface area contributed by atoms with E-state index in [1.165, 1.54) is 6.08 Å². The number of aromatic hydroxyl groups is 1. The Hall–Kier alpha value is -2.15. The summed E-state index contributed by atoms with van der Waals surface area (Å²) in [6.45, 7) is 2.29. The van der Waals surface area contributed by atoms with Crippen LogP contribution >= 0.6 is 35.0 Å². The van der Waals surface area contributed by atoms with Gasteiger partial charge in [-0.25, -0.2) is 0 Å². The van der Waals surface area contributed by atoms with Gasteiger partial charge in [-0.05, 0) is 48.5 Å². The number of carbonyl (C=O) groups excluding carboxylic acids is 2. The largest absolute Gasteiger partial charge is 0.504 e. The molecule has 1 aliphatic heterocycles. The van der Waals surface area contributed by atoms with Gasteiger partial charge in [0.2, 0.25) is 0 Å². The third-order valence-electron chi connectivity index (χ3n) is 3.81. The number of phenolic OH excluding ortho intramolecular Hbond substituents is 1. The number of benzene rings is 2. The molecular formula is C19H15Cl2NO4S. The normalized spacial score (nSPS) is 15.7. The Labute approximate surface area is 170 Å². The van der Waals surface area contributed by atoms with Crippen LogP contribution in [0.1, 0.15) is 18.1 Å². The van der Waals surface area contributed by atoms with Crippen molar-refractivity contribution in [2.45, 2.75) is 13.5 Å². The summed E-state index contributed by atoms with van der Waals surface area (Å²) in [5.74, 6) is -0.186. The Bertz CT molecular complexity index is 945. The number of nitrogens with zero attached hydrogens (tertiary/aromatic N) is 1. The van der Waals surface area contributed by atoms with E-state index < -0.39 is 11.1 Å². The molecule has 5 nitrogen and oxygen atoms in total. The average molecular weight is 424 g/mol. The maximum Gasteiger partial charge on any atom is 0.293 e. The molecule has 1 saturated heterocycles. The number of thioether (sulfide) groups is 1. The lowest BCUT2D eigenvalue weighted by molar-refractivity contribution is -0.123. The molecule has 27 heavy (non-hydrogen) atoms. The van der Waals surface area contributed by atoms with E-state index >= 15 is 0 Å². The van der Waals surface area contributed by atoms with Crippen LogP contribution in [0.2, 0.25) is 10.0 Å². The van der Waals surface area contributed by atoms with E-state index in [2.05, 4.69) is 0 Å². The van der Waals surface area contributed by atoms with E-state index in [9.17, 15) is 14.7 Å². The number of carbonyl (C=O) groups is 2. The zero-order chi connectivity index (χ0) is 19.6. The molecule has 1 aliphatic rings. The molecule has 1 fully saturated rings. The van der Waals surface area contributed by atoms with Crippen molar-refractivity contribution in [1.29, 1.82) is 0 Å². The summed E-state index contributed by atoms with van der Waals surface area (Å²) in [4.78, 5) is 26.3. The molecular weight excluding hydrogens is 409 g/mol. The van der Waals surface area contributed by atoms with Gasteiger partial charge >= 0.3 is 0 Å². The Balaban J connectivity index is 1.84. The number of hydrogen-bond donors (Lipinski definition) is 1. The van der Waals surface area contributed by atoms with Crippen molar-refractivity contribution >= 4 is 52.2 Å². The fourth-order valence-electron chi connectivity index (χ4n) is 2.53. The second-order valence-corrected chi connectivity index (χ2v) is 7.45. The van der Waals surface area contributed by atoms with Crippen LogP contribution in [-0.4, -0.2) is 27.8 Å². The molecule has 0 radical (unpaired) electrons. The summed E-state index contributed by atoms with van der Waals surface area (Å²) in [6, 6.07) is 9.92. The molecule has 0 aromatic heterocycles. The van der Waals surface area contributed by atoms with Crippen LogP contribution in [0.4, 0.5) is 4.79 Å². The highest BCUT2D eigenvalue weighted by Gasteiger charge is 2.35. The predicted molar refractivity (Wildman–Crippen MR) is 107 cm³/mol. The second-order valence-electron chi connectivity index (χ2n) is 5.64. The van der Waals surface area contributed by atoms with Gasteiger partial charge in [0.15, 0.2) is 11.5 Å². The SMILES string of the molecule is CCOc1cccc(/C=C2\SC(=O)N(Cc3ccc(Cl)c(Cl)c3)C2=O)c1O. The van der Waals surface area contributed by atoms with Gasteiger partial charge in [-0.15, -0.1) is 0 Å². The molecule has 0 atom stereocenters. The van der Waals surface area contributed by atoms with Crippen molar-refractivity contribution in [3.05, 3.63) is 62.5 Å². The Morgan fingerprint density at radius 1 is 1.19 bits per heavy atom. The number of hydrogen-bond acceptors (Lipinski definition) is 5. The average Bonchev–Trinajstić information content (AvgIpc) is 2.89. The number of rotatable bonds is 5. The highest BCUT2D eigenvalue weighted by Crippen LogP contribution is 2.37. The minimum Gasteiger partial charge on any atom is -0.504 e. The molecule has 2 aromatic carbocycles. The molecule has 1 heterocycles. The molecule has 0 bridgehead atoms. The van der Waals surface area contributed by atoms with Gasteiger partial charge in [-0.1, -0.05) is 41.4 Å². The highest BCUT2D eigenvalue weighted by molar-refractivity contribution is 8.18. The molecule has 0 spiro atoms. The standard InChI is InChI=1S/C19H15Cl2NO4S/c1-2-26-15-5-3-4-12(17(15)23)9-16-18(24)22(19(25)27-16)10-11-6-7-13(20)14(21)8-11/h3-9,23H,2,10H2,1H3/b16-9-. The lowest BCUT2D eigenvalue weighted by Gasteiger charge is -2.13. The Morgan fingerprint density at radius 2 is 1.96 bits per heavy atom. The smallest absolute Gasteiger partial charge is 0.293 e. The van der Waals surface area contributed by atoms with Crippen LogP contribution in [0.5, 0.6) is 11.5 Å². The van der Waals surface area contributed by atoms with Gasteiger partial charge < -0.3 is 9.84 Å². The maximum atomic E-state index is 12.6. The van der Waals surface area contributed by atoms with Gasteiger partial charge in [-0.3, -0.25) is 14.5 Å². The summed E-state index contributed by atoms with van der Waals surface area (Å²) in [5, 5.41) is 10.6. The topological polar surface area (TPSA) is 66.8 Å². The van der Waals surface area contributed by atoms with Crippen LogP contribution in [0.3, 0.4) is 0 Å². The maximum absolute atomic E-state index is 12.6. The number of ether oxygens (including phenoxy) is 1. The zero-order valence-electron chi connectivity index (χ0n) is 14.2. The van der Waals surface area contributed by atoms with Crippen molar-refractivity contribution in [1.82, 2.24) is 4.90 Å². The Morgan fingerprint density at radius 3 is 2.67 bits per heavy atom. The summed E-state index contributed by atoms with van der Waals surface area (Å²) >= 11 is 12.7. The van der Waals surface area contributed by atoms with Crippen LogP contribution in [0.15, 0.2) is 41.3 Å². The fourth-order valence-corrected chi connectivity index (χ4v) is 3.68. The van der Waals surface area contributed by atoms with E-state index in [-0.39, 0.29) is 17.2 Å². The first-order chi connectivity index (χ1) is 12.9. The molecule has 2 aromatic rings. The molecule has 0 unspecified atom stereocenters. The van der Waals surface area contributed by atoms with Crippen molar-refractivity contribution in [2.24, 2.45) is 0 Å². The third-order valence-corrected chi connectivity index (χ3v) is 5.46. The molecule has 0 saturated carbocycles. The van der Waals surface area contributed by atoms with Crippen molar-refractivity contribution < 1.29 is 19.4 Å². The summed E-state index contributed by atoms with van der Waals surface area (Å²) in [7, 11) is 0. The first kappa shape index (κ1) is 19.6. The number of amides is 2. The van der Waals surface area contributed by atoms with Crippen molar-refractivity contribution in [3.63, 3.8) is 0 Å². The quantitative estimate of drug-likeness (QED) is 0.657. The number of halogens is 2. The van der Waals surface area contributed by atoms with E-state index in [0.29, 0.717) is 33.5 Å². The van der Waals surface area contributed by atoms with Crippen LogP contribution in [-0.2, 0) is 11.3 Å². The number of phenols is 1. The van der Waals surface area contributed by atoms with E-state index in [1.54, 1.807) is 43.3 Å². The van der Waals surface area contributed by atoms with E-state index in [0.717, 1.165) is 16.7 Å². The second kappa shape index (κ2) is 8.25. The lowest BCUT2D eigenvalue weighted by Crippen LogP contribution is -2.27. The molecule has 140 valence electrons. The number of para-hydroxylation sites is 1. The number of imide groups is 1. The predicted octanol–water partition coefficient (Wildman–Crippen LogP) is 5.33. The molecule has 0 aliphatic carbocycles. The van der Waals surface area contributed by atoms with Gasteiger partial charge in [0, 0.05) is 5.56 Å². The molecule has 8 heteroatoms. The highest BCUT2D eigenvalue weighted by atomic mass is 35.5. The molecule has 3 rings (SSSR count). The zero-order valence-corrected chi connectivity index (χ0v) is 16.6. The van der Waals surface area contributed by atoms with Crippen LogP contribution in [0.25, 0.3) is 6.08 Å². The van der Waals surface area contributed by atoms with Gasteiger partial charge in [0.25, 0.3) is 11.1 Å². The molecule has 2 amide bonds. The van der Waals surface area contributed by atoms with Crippen molar-refractivity contribution in [3.8, 4) is 11.5 Å². The minimum atomic E-state index is -0.433.